The van der Waals surface area contributed by atoms with Gasteiger partial charge in [0.15, 0.2) is 5.82 Å². The Morgan fingerprint density at radius 3 is 2.75 bits per heavy atom. The molecule has 130 valence electrons. The van der Waals surface area contributed by atoms with E-state index in [-0.39, 0.29) is 6.10 Å². The van der Waals surface area contributed by atoms with Crippen molar-refractivity contribution in [3.63, 3.8) is 0 Å². The summed E-state index contributed by atoms with van der Waals surface area (Å²) in [6.07, 6.45) is 2.46. The van der Waals surface area contributed by atoms with Crippen molar-refractivity contribution in [3.8, 4) is 0 Å². The van der Waals surface area contributed by atoms with Crippen LogP contribution in [0.15, 0.2) is 34.9 Å². The number of hydrogen-bond donors (Lipinski definition) is 1. The lowest BCUT2D eigenvalue weighted by molar-refractivity contribution is 0.0567. The second-order valence-corrected chi connectivity index (χ2v) is 6.41. The zero-order valence-corrected chi connectivity index (χ0v) is 14.1. The normalized spacial score (nSPS) is 17.9. The van der Waals surface area contributed by atoms with E-state index in [1.807, 2.05) is 18.2 Å². The van der Waals surface area contributed by atoms with Crippen molar-refractivity contribution in [1.82, 2.24) is 15.0 Å². The van der Waals surface area contributed by atoms with Crippen molar-refractivity contribution in [2.75, 3.05) is 20.2 Å². The molecule has 1 aliphatic heterocycles. The van der Waals surface area contributed by atoms with Crippen molar-refractivity contribution >= 4 is 0 Å². The van der Waals surface area contributed by atoms with Gasteiger partial charge in [0.2, 0.25) is 0 Å². The number of nitrogens with zero attached hydrogens (tertiary/aromatic N) is 3. The highest BCUT2D eigenvalue weighted by atomic mass is 16.5. The van der Waals surface area contributed by atoms with E-state index >= 15 is 0 Å². The second-order valence-electron chi connectivity index (χ2n) is 6.41. The Kier molecular flexibility index (Phi) is 5.96. The maximum Gasteiger partial charge on any atom is 0.252 e. The summed E-state index contributed by atoms with van der Waals surface area (Å²) in [6, 6.07) is 10.2. The molecular formula is C18H25N3O3. The van der Waals surface area contributed by atoms with E-state index in [0.717, 1.165) is 32.4 Å². The number of piperidine rings is 1. The number of benzene rings is 1. The molecule has 2 aromatic rings. The highest BCUT2D eigenvalue weighted by Crippen LogP contribution is 2.23. The van der Waals surface area contributed by atoms with Crippen LogP contribution in [0, 0.1) is 5.92 Å². The lowest BCUT2D eigenvalue weighted by Gasteiger charge is -2.33. The summed E-state index contributed by atoms with van der Waals surface area (Å²) in [7, 11) is 1.61. The van der Waals surface area contributed by atoms with Gasteiger partial charge < -0.3 is 14.4 Å². The van der Waals surface area contributed by atoms with Gasteiger partial charge in [-0.05, 0) is 43.8 Å². The minimum Gasteiger partial charge on any atom is -0.392 e. The van der Waals surface area contributed by atoms with Crippen LogP contribution in [-0.4, -0.2) is 46.5 Å². The summed E-state index contributed by atoms with van der Waals surface area (Å²) in [5.41, 5.74) is 1.20. The minimum absolute atomic E-state index is 0.270. The van der Waals surface area contributed by atoms with E-state index in [1.54, 1.807) is 7.11 Å². The van der Waals surface area contributed by atoms with Crippen molar-refractivity contribution in [1.29, 1.82) is 0 Å². The average Bonchev–Trinajstić information content (AvgIpc) is 3.04. The van der Waals surface area contributed by atoms with Crippen molar-refractivity contribution < 1.29 is 14.4 Å². The zero-order chi connectivity index (χ0) is 16.8. The summed E-state index contributed by atoms with van der Waals surface area (Å²) in [5.74, 6) is 1.57. The molecule has 0 amide bonds. The van der Waals surface area contributed by atoms with Crippen molar-refractivity contribution in [3.05, 3.63) is 47.6 Å². The highest BCUT2D eigenvalue weighted by molar-refractivity contribution is 5.15. The SMILES string of the molecule is COCc1nc(CN2CCC(C(O)Cc3ccccc3)CC2)no1. The first-order valence-corrected chi connectivity index (χ1v) is 8.49. The zero-order valence-electron chi connectivity index (χ0n) is 14.1. The monoisotopic (exact) mass is 331 g/mol. The molecule has 1 atom stereocenters. The third-order valence-corrected chi connectivity index (χ3v) is 4.61. The van der Waals surface area contributed by atoms with E-state index in [9.17, 15) is 5.11 Å². The average molecular weight is 331 g/mol. The largest absolute Gasteiger partial charge is 0.392 e. The summed E-state index contributed by atoms with van der Waals surface area (Å²) in [6.45, 7) is 2.94. The fourth-order valence-corrected chi connectivity index (χ4v) is 3.25. The van der Waals surface area contributed by atoms with Crippen LogP contribution in [-0.2, 0) is 24.3 Å². The van der Waals surface area contributed by atoms with Crippen molar-refractivity contribution in [2.24, 2.45) is 5.92 Å². The number of rotatable bonds is 7. The predicted molar refractivity (Wildman–Crippen MR) is 89.2 cm³/mol. The first-order chi connectivity index (χ1) is 11.7. The first-order valence-electron chi connectivity index (χ1n) is 8.49. The molecule has 1 unspecified atom stereocenters. The molecule has 0 aliphatic carbocycles. The molecule has 1 aromatic heterocycles. The van der Waals surface area contributed by atoms with Gasteiger partial charge in [0, 0.05) is 7.11 Å². The number of likely N-dealkylation sites (tertiary alicyclic amines) is 1. The van der Waals surface area contributed by atoms with Gasteiger partial charge in [0.05, 0.1) is 12.6 Å². The van der Waals surface area contributed by atoms with E-state index < -0.39 is 0 Å². The molecule has 0 spiro atoms. The van der Waals surface area contributed by atoms with Gasteiger partial charge >= 0.3 is 0 Å². The van der Waals surface area contributed by atoms with Crippen LogP contribution < -0.4 is 0 Å². The Hall–Kier alpha value is -1.76. The summed E-state index contributed by atoms with van der Waals surface area (Å²) in [5, 5.41) is 14.5. The Morgan fingerprint density at radius 2 is 2.04 bits per heavy atom. The van der Waals surface area contributed by atoms with Crippen LogP contribution in [0.1, 0.15) is 30.1 Å². The van der Waals surface area contributed by atoms with E-state index in [0.29, 0.717) is 30.8 Å². The number of aromatic nitrogens is 2. The van der Waals surface area contributed by atoms with Crippen molar-refractivity contribution in [2.45, 2.75) is 38.5 Å². The molecule has 1 N–H and O–H groups in total. The summed E-state index contributed by atoms with van der Waals surface area (Å²) < 4.78 is 10.1. The molecule has 0 radical (unpaired) electrons. The quantitative estimate of drug-likeness (QED) is 0.837. The molecule has 24 heavy (non-hydrogen) atoms. The van der Waals surface area contributed by atoms with Gasteiger partial charge in [-0.25, -0.2) is 0 Å². The number of aliphatic hydroxyl groups excluding tert-OH is 1. The molecule has 3 rings (SSSR count). The Balaban J connectivity index is 1.44. The third-order valence-electron chi connectivity index (χ3n) is 4.61. The fourth-order valence-electron chi connectivity index (χ4n) is 3.25. The number of methoxy groups -OCH3 is 1. The highest BCUT2D eigenvalue weighted by Gasteiger charge is 2.26. The van der Waals surface area contributed by atoms with Crippen LogP contribution >= 0.6 is 0 Å². The number of aliphatic hydroxyl groups is 1. The smallest absolute Gasteiger partial charge is 0.252 e. The standard InChI is InChI=1S/C18H25N3O3/c1-23-13-18-19-17(20-24-18)12-21-9-7-15(8-10-21)16(22)11-14-5-3-2-4-6-14/h2-6,15-16,22H,7-13H2,1H3. The number of hydrogen-bond acceptors (Lipinski definition) is 6. The lowest BCUT2D eigenvalue weighted by atomic mass is 9.88. The topological polar surface area (TPSA) is 71.6 Å². The van der Waals surface area contributed by atoms with Crippen LogP contribution in [0.2, 0.25) is 0 Å². The van der Waals surface area contributed by atoms with Crippen LogP contribution in [0.25, 0.3) is 0 Å². The predicted octanol–water partition coefficient (Wildman–Crippen LogP) is 2.03. The second kappa shape index (κ2) is 8.37. The van der Waals surface area contributed by atoms with E-state index in [4.69, 9.17) is 9.26 Å². The lowest BCUT2D eigenvalue weighted by Crippen LogP contribution is -2.38. The Morgan fingerprint density at radius 1 is 1.29 bits per heavy atom. The molecule has 1 aromatic carbocycles. The van der Waals surface area contributed by atoms with E-state index in [1.165, 1.54) is 5.56 Å². The third kappa shape index (κ3) is 4.63. The molecule has 1 fully saturated rings. The molecule has 2 heterocycles. The van der Waals surface area contributed by atoms with Gasteiger partial charge in [-0.3, -0.25) is 4.90 Å². The summed E-state index contributed by atoms with van der Waals surface area (Å²) in [4.78, 5) is 6.62. The van der Waals surface area contributed by atoms with E-state index in [2.05, 4.69) is 27.2 Å². The minimum atomic E-state index is -0.270. The van der Waals surface area contributed by atoms with Crippen LogP contribution in [0.4, 0.5) is 0 Å². The summed E-state index contributed by atoms with van der Waals surface area (Å²) >= 11 is 0. The van der Waals surface area contributed by atoms with Gasteiger partial charge in [0.1, 0.15) is 6.61 Å². The Bertz CT molecular complexity index is 609. The molecule has 1 aliphatic rings. The van der Waals surface area contributed by atoms with Crippen LogP contribution in [0.3, 0.4) is 0 Å². The molecule has 6 heteroatoms. The molecule has 0 bridgehead atoms. The molecule has 6 nitrogen and oxygen atoms in total. The maximum atomic E-state index is 10.5. The van der Waals surface area contributed by atoms with Crippen LogP contribution in [0.5, 0.6) is 0 Å². The number of ether oxygens (including phenoxy) is 1. The van der Waals surface area contributed by atoms with Gasteiger partial charge in [-0.15, -0.1) is 0 Å². The fraction of sp³-hybridized carbons (Fsp3) is 0.556. The van der Waals surface area contributed by atoms with Gasteiger partial charge in [-0.1, -0.05) is 35.5 Å². The molecule has 0 saturated carbocycles. The Labute approximate surface area is 142 Å². The van der Waals surface area contributed by atoms with Gasteiger partial charge in [0.25, 0.3) is 5.89 Å². The maximum absolute atomic E-state index is 10.5. The molecule has 1 saturated heterocycles. The molecular weight excluding hydrogens is 306 g/mol. The first kappa shape index (κ1) is 17.1. The van der Waals surface area contributed by atoms with Gasteiger partial charge in [-0.2, -0.15) is 4.98 Å².